The van der Waals surface area contributed by atoms with Gasteiger partial charge in [0, 0.05) is 19.1 Å². The summed E-state index contributed by atoms with van der Waals surface area (Å²) in [7, 11) is -3.31. The van der Waals surface area contributed by atoms with Crippen molar-refractivity contribution in [3.8, 4) is 0 Å². The lowest BCUT2D eigenvalue weighted by Gasteiger charge is -2.18. The van der Waals surface area contributed by atoms with E-state index in [9.17, 15) is 8.42 Å². The Hall–Kier alpha value is -0.910. The largest absolute Gasteiger partial charge is 0.310 e. The summed E-state index contributed by atoms with van der Waals surface area (Å²) in [5.41, 5.74) is 1.03. The number of hydrogen-bond donors (Lipinski definition) is 1. The van der Waals surface area contributed by atoms with Crippen molar-refractivity contribution in [2.75, 3.05) is 19.6 Å². The van der Waals surface area contributed by atoms with Crippen molar-refractivity contribution in [3.05, 3.63) is 29.8 Å². The minimum absolute atomic E-state index is 0.170. The molecule has 0 amide bonds. The van der Waals surface area contributed by atoms with Gasteiger partial charge in [0.15, 0.2) is 0 Å². The van der Waals surface area contributed by atoms with Crippen molar-refractivity contribution in [2.24, 2.45) is 0 Å². The maximum atomic E-state index is 12.5. The summed E-state index contributed by atoms with van der Waals surface area (Å²) >= 11 is 0. The molecule has 1 fully saturated rings. The van der Waals surface area contributed by atoms with Gasteiger partial charge in [0.1, 0.15) is 0 Å². The normalized spacial score (nSPS) is 18.3. The number of nitrogens with one attached hydrogen (secondary N) is 1. The average Bonchev–Trinajstić information content (AvgIpc) is 2.99. The molecule has 0 saturated carbocycles. The van der Waals surface area contributed by atoms with E-state index in [2.05, 4.69) is 19.2 Å². The van der Waals surface area contributed by atoms with E-state index in [0.717, 1.165) is 31.4 Å². The Labute approximate surface area is 122 Å². The fourth-order valence-electron chi connectivity index (χ4n) is 2.50. The molecule has 0 radical (unpaired) electrons. The summed E-state index contributed by atoms with van der Waals surface area (Å²) in [6, 6.07) is 7.49. The molecule has 1 atom stereocenters. The van der Waals surface area contributed by atoms with Crippen LogP contribution in [0.4, 0.5) is 0 Å². The maximum absolute atomic E-state index is 12.5. The van der Waals surface area contributed by atoms with E-state index in [4.69, 9.17) is 0 Å². The van der Waals surface area contributed by atoms with Gasteiger partial charge in [-0.25, -0.2) is 8.42 Å². The minimum atomic E-state index is -3.31. The van der Waals surface area contributed by atoms with Crippen LogP contribution in [-0.2, 0) is 10.0 Å². The van der Waals surface area contributed by atoms with Crippen LogP contribution in [0.1, 0.15) is 44.7 Å². The third-order valence-corrected chi connectivity index (χ3v) is 5.66. The van der Waals surface area contributed by atoms with Crippen LogP contribution in [-0.4, -0.2) is 32.4 Å². The summed E-state index contributed by atoms with van der Waals surface area (Å²) in [6.45, 7) is 6.42. The van der Waals surface area contributed by atoms with E-state index in [1.165, 1.54) is 0 Å². The highest BCUT2D eigenvalue weighted by Gasteiger charge is 2.27. The third kappa shape index (κ3) is 3.40. The Balaban J connectivity index is 2.20. The monoisotopic (exact) mass is 296 g/mol. The lowest BCUT2D eigenvalue weighted by Crippen LogP contribution is -2.28. The first kappa shape index (κ1) is 15.5. The molecule has 4 nitrogen and oxygen atoms in total. The van der Waals surface area contributed by atoms with Gasteiger partial charge in [0.05, 0.1) is 4.90 Å². The van der Waals surface area contributed by atoms with Gasteiger partial charge in [0.2, 0.25) is 10.0 Å². The summed E-state index contributed by atoms with van der Waals surface area (Å²) in [6.07, 6.45) is 3.00. The van der Waals surface area contributed by atoms with E-state index in [1.807, 2.05) is 12.1 Å². The molecule has 112 valence electrons. The first-order valence-corrected chi connectivity index (χ1v) is 8.83. The lowest BCUT2D eigenvalue weighted by molar-refractivity contribution is 0.477. The Bertz CT molecular complexity index is 537. The highest BCUT2D eigenvalue weighted by atomic mass is 32.2. The molecule has 5 heteroatoms. The first-order chi connectivity index (χ1) is 9.55. The van der Waals surface area contributed by atoms with Gasteiger partial charge in [-0.05, 0) is 50.4 Å². The summed E-state index contributed by atoms with van der Waals surface area (Å²) < 4.78 is 26.7. The highest BCUT2D eigenvalue weighted by molar-refractivity contribution is 7.89. The quantitative estimate of drug-likeness (QED) is 0.877. The molecule has 1 aromatic carbocycles. The Morgan fingerprint density at radius 2 is 2.00 bits per heavy atom. The smallest absolute Gasteiger partial charge is 0.243 e. The van der Waals surface area contributed by atoms with Gasteiger partial charge in [-0.2, -0.15) is 4.31 Å². The zero-order valence-corrected chi connectivity index (χ0v) is 13.1. The maximum Gasteiger partial charge on any atom is 0.243 e. The first-order valence-electron chi connectivity index (χ1n) is 7.39. The molecule has 0 aliphatic carbocycles. The SMILES string of the molecule is CCCNC(C)c1cccc(S(=O)(=O)N2CCCC2)c1. The van der Waals surface area contributed by atoms with Gasteiger partial charge in [0.25, 0.3) is 0 Å². The number of benzene rings is 1. The van der Waals surface area contributed by atoms with Gasteiger partial charge < -0.3 is 5.32 Å². The molecule has 2 rings (SSSR count). The average molecular weight is 296 g/mol. The zero-order chi connectivity index (χ0) is 14.6. The second kappa shape index (κ2) is 6.70. The van der Waals surface area contributed by atoms with Crippen LogP contribution in [0, 0.1) is 0 Å². The van der Waals surface area contributed by atoms with Gasteiger partial charge in [-0.15, -0.1) is 0 Å². The molecule has 0 bridgehead atoms. The molecule has 0 spiro atoms. The lowest BCUT2D eigenvalue weighted by atomic mass is 10.1. The molecule has 1 saturated heterocycles. The molecule has 1 N–H and O–H groups in total. The van der Waals surface area contributed by atoms with Crippen LogP contribution in [0.15, 0.2) is 29.2 Å². The molecule has 1 aliphatic heterocycles. The van der Waals surface area contributed by atoms with Crippen molar-refractivity contribution in [3.63, 3.8) is 0 Å². The molecule has 0 aromatic heterocycles. The van der Waals surface area contributed by atoms with E-state index in [1.54, 1.807) is 16.4 Å². The summed E-state index contributed by atoms with van der Waals surface area (Å²) in [5.74, 6) is 0. The van der Waals surface area contributed by atoms with E-state index < -0.39 is 10.0 Å². The summed E-state index contributed by atoms with van der Waals surface area (Å²) in [5, 5.41) is 3.39. The topological polar surface area (TPSA) is 49.4 Å². The Morgan fingerprint density at radius 3 is 2.65 bits per heavy atom. The van der Waals surface area contributed by atoms with Crippen LogP contribution >= 0.6 is 0 Å². The molecular formula is C15H24N2O2S. The minimum Gasteiger partial charge on any atom is -0.310 e. The summed E-state index contributed by atoms with van der Waals surface area (Å²) in [4.78, 5) is 0.419. The van der Waals surface area contributed by atoms with E-state index in [0.29, 0.717) is 18.0 Å². The zero-order valence-electron chi connectivity index (χ0n) is 12.3. The predicted molar refractivity (Wildman–Crippen MR) is 81.1 cm³/mol. The van der Waals surface area contributed by atoms with Gasteiger partial charge >= 0.3 is 0 Å². The highest BCUT2D eigenvalue weighted by Crippen LogP contribution is 2.23. The molecular weight excluding hydrogens is 272 g/mol. The van der Waals surface area contributed by atoms with Crippen molar-refractivity contribution < 1.29 is 8.42 Å². The van der Waals surface area contributed by atoms with E-state index in [-0.39, 0.29) is 6.04 Å². The fourth-order valence-corrected chi connectivity index (χ4v) is 4.07. The van der Waals surface area contributed by atoms with Crippen molar-refractivity contribution in [1.82, 2.24) is 9.62 Å². The molecule has 1 heterocycles. The Kier molecular flexibility index (Phi) is 5.18. The number of hydrogen-bond acceptors (Lipinski definition) is 3. The Morgan fingerprint density at radius 1 is 1.30 bits per heavy atom. The molecule has 20 heavy (non-hydrogen) atoms. The van der Waals surface area contributed by atoms with Crippen molar-refractivity contribution >= 4 is 10.0 Å². The predicted octanol–water partition coefficient (Wildman–Crippen LogP) is 2.53. The van der Waals surface area contributed by atoms with E-state index >= 15 is 0 Å². The van der Waals surface area contributed by atoms with Gasteiger partial charge in [-0.3, -0.25) is 0 Å². The van der Waals surface area contributed by atoms with Crippen molar-refractivity contribution in [1.29, 1.82) is 0 Å². The number of rotatable bonds is 6. The van der Waals surface area contributed by atoms with Crippen LogP contribution in [0.2, 0.25) is 0 Å². The van der Waals surface area contributed by atoms with Gasteiger partial charge in [-0.1, -0.05) is 19.1 Å². The molecule has 1 unspecified atom stereocenters. The third-order valence-electron chi connectivity index (χ3n) is 3.76. The van der Waals surface area contributed by atoms with Crippen LogP contribution < -0.4 is 5.32 Å². The number of sulfonamides is 1. The van der Waals surface area contributed by atoms with Crippen LogP contribution in [0.5, 0.6) is 0 Å². The van der Waals surface area contributed by atoms with Crippen LogP contribution in [0.25, 0.3) is 0 Å². The van der Waals surface area contributed by atoms with Crippen molar-refractivity contribution in [2.45, 2.75) is 44.0 Å². The second-order valence-electron chi connectivity index (χ2n) is 5.36. The molecule has 1 aliphatic rings. The standard InChI is InChI=1S/C15H24N2O2S/c1-3-9-16-13(2)14-7-6-8-15(12-14)20(18,19)17-10-4-5-11-17/h6-8,12-13,16H,3-5,9-11H2,1-2H3. The fraction of sp³-hybridized carbons (Fsp3) is 0.600. The second-order valence-corrected chi connectivity index (χ2v) is 7.30. The number of nitrogens with zero attached hydrogens (tertiary/aromatic N) is 1. The van der Waals surface area contributed by atoms with Crippen LogP contribution in [0.3, 0.4) is 0 Å². The molecule has 1 aromatic rings.